The number of hydrogen-bond donors (Lipinski definition) is 1. The maximum atomic E-state index is 12.3. The summed E-state index contributed by atoms with van der Waals surface area (Å²) in [5.74, 6) is -1.65. The number of fused-ring (bicyclic) bond motifs is 1. The fourth-order valence-corrected chi connectivity index (χ4v) is 3.55. The third-order valence-corrected chi connectivity index (χ3v) is 4.83. The van der Waals surface area contributed by atoms with Gasteiger partial charge in [0.2, 0.25) is 11.8 Å². The van der Waals surface area contributed by atoms with Gasteiger partial charge < -0.3 is 15.2 Å². The molecule has 1 N–H and O–H groups in total. The van der Waals surface area contributed by atoms with E-state index in [9.17, 15) is 19.5 Å². The van der Waals surface area contributed by atoms with E-state index >= 15 is 0 Å². The Morgan fingerprint density at radius 3 is 2.74 bits per heavy atom. The van der Waals surface area contributed by atoms with Gasteiger partial charge in [0.1, 0.15) is 5.25 Å². The van der Waals surface area contributed by atoms with Crippen LogP contribution >= 0.6 is 11.8 Å². The highest BCUT2D eigenvalue weighted by molar-refractivity contribution is 8.15. The van der Waals surface area contributed by atoms with Crippen LogP contribution in [0.1, 0.15) is 23.2 Å². The quantitative estimate of drug-likeness (QED) is 0.845. The third-order valence-electron chi connectivity index (χ3n) is 3.61. The van der Waals surface area contributed by atoms with Crippen LogP contribution in [0, 0.1) is 0 Å². The second-order valence-corrected chi connectivity index (χ2v) is 6.40. The van der Waals surface area contributed by atoms with Gasteiger partial charge in [-0.1, -0.05) is 23.9 Å². The summed E-state index contributed by atoms with van der Waals surface area (Å²) in [6.45, 7) is 1.33. The Morgan fingerprint density at radius 2 is 2.04 bits per heavy atom. The van der Waals surface area contributed by atoms with E-state index in [1.807, 2.05) is 0 Å². The van der Waals surface area contributed by atoms with Crippen LogP contribution in [0.5, 0.6) is 0 Å². The molecule has 1 aromatic rings. The summed E-state index contributed by atoms with van der Waals surface area (Å²) in [6.07, 6.45) is 0.976. The maximum absolute atomic E-state index is 12.3. The standard InChI is InChI=1S/C15H15N3O4S/c19-12-8-11(23-15-16-6-1-7-18(12)15)13(20)17-10-4-2-9(3-5-10)14(21)22/h2-5,11H,1,6-8H2,(H,17,20)(H,21,22)/p-1/t11-/m1/s1. The van der Waals surface area contributed by atoms with Gasteiger partial charge in [-0.15, -0.1) is 0 Å². The molecule has 1 aromatic carbocycles. The van der Waals surface area contributed by atoms with Crippen molar-refractivity contribution in [2.24, 2.45) is 4.99 Å². The lowest BCUT2D eigenvalue weighted by Crippen LogP contribution is -2.47. The number of anilines is 1. The lowest BCUT2D eigenvalue weighted by atomic mass is 10.2. The van der Waals surface area contributed by atoms with Crippen LogP contribution in [0.15, 0.2) is 29.3 Å². The molecule has 23 heavy (non-hydrogen) atoms. The topological polar surface area (TPSA) is 102 Å². The highest BCUT2D eigenvalue weighted by atomic mass is 32.2. The molecular formula is C15H14N3O4S-. The van der Waals surface area contributed by atoms with Crippen LogP contribution in [0.2, 0.25) is 0 Å². The molecule has 0 aromatic heterocycles. The number of aliphatic imine (C=N–C) groups is 1. The van der Waals surface area contributed by atoms with Crippen molar-refractivity contribution in [1.82, 2.24) is 4.90 Å². The predicted molar refractivity (Wildman–Crippen MR) is 84.0 cm³/mol. The summed E-state index contributed by atoms with van der Waals surface area (Å²) in [5.41, 5.74) is 0.512. The van der Waals surface area contributed by atoms with Crippen LogP contribution in [0.3, 0.4) is 0 Å². The van der Waals surface area contributed by atoms with Gasteiger partial charge in [-0.3, -0.25) is 19.5 Å². The summed E-state index contributed by atoms with van der Waals surface area (Å²) in [6, 6.07) is 5.69. The number of aromatic carboxylic acids is 1. The largest absolute Gasteiger partial charge is 0.545 e. The summed E-state index contributed by atoms with van der Waals surface area (Å²) in [7, 11) is 0. The fraction of sp³-hybridized carbons (Fsp3) is 0.333. The van der Waals surface area contributed by atoms with Gasteiger partial charge in [0.25, 0.3) is 0 Å². The Balaban J connectivity index is 1.67. The first-order valence-corrected chi connectivity index (χ1v) is 8.06. The average molecular weight is 332 g/mol. The number of carboxylic acids is 1. The second kappa shape index (κ2) is 6.41. The normalized spacial score (nSPS) is 20.5. The molecule has 8 heteroatoms. The molecule has 120 valence electrons. The van der Waals surface area contributed by atoms with Gasteiger partial charge in [-0.2, -0.15) is 0 Å². The zero-order valence-corrected chi connectivity index (χ0v) is 13.0. The molecule has 0 unspecified atom stereocenters. The molecule has 0 bridgehead atoms. The van der Waals surface area contributed by atoms with Crippen LogP contribution < -0.4 is 10.4 Å². The SMILES string of the molecule is O=C([O-])c1ccc(NC(=O)[C@H]2CC(=O)N3CCCN=C3S2)cc1. The van der Waals surface area contributed by atoms with Gasteiger partial charge in [-0.05, 0) is 24.1 Å². The lowest BCUT2D eigenvalue weighted by molar-refractivity contribution is -0.255. The molecule has 2 aliphatic heterocycles. The first-order valence-electron chi connectivity index (χ1n) is 7.18. The number of hydrogen-bond acceptors (Lipinski definition) is 6. The van der Waals surface area contributed by atoms with E-state index in [2.05, 4.69) is 10.3 Å². The minimum absolute atomic E-state index is 0.0393. The Hall–Kier alpha value is -2.35. The van der Waals surface area contributed by atoms with Crippen molar-refractivity contribution in [3.63, 3.8) is 0 Å². The van der Waals surface area contributed by atoms with Gasteiger partial charge in [0, 0.05) is 25.2 Å². The number of thioether (sulfide) groups is 1. The van der Waals surface area contributed by atoms with E-state index in [-0.39, 0.29) is 23.8 Å². The Labute approximate surface area is 136 Å². The lowest BCUT2D eigenvalue weighted by Gasteiger charge is -2.33. The first kappa shape index (κ1) is 15.5. The summed E-state index contributed by atoms with van der Waals surface area (Å²) in [5, 5.41) is 13.5. The molecule has 1 atom stereocenters. The number of nitrogens with one attached hydrogen (secondary N) is 1. The molecule has 2 heterocycles. The van der Waals surface area contributed by atoms with Crippen LogP contribution in [-0.2, 0) is 9.59 Å². The third kappa shape index (κ3) is 3.37. The van der Waals surface area contributed by atoms with E-state index in [0.717, 1.165) is 6.42 Å². The molecule has 0 spiro atoms. The maximum Gasteiger partial charge on any atom is 0.238 e. The Morgan fingerprint density at radius 1 is 1.30 bits per heavy atom. The minimum atomic E-state index is -1.27. The monoisotopic (exact) mass is 332 g/mol. The van der Waals surface area contributed by atoms with Gasteiger partial charge >= 0.3 is 0 Å². The number of carbonyl (C=O) groups is 3. The summed E-state index contributed by atoms with van der Waals surface area (Å²) in [4.78, 5) is 41.0. The summed E-state index contributed by atoms with van der Waals surface area (Å²) < 4.78 is 0. The van der Waals surface area contributed by atoms with Crippen LogP contribution in [0.4, 0.5) is 5.69 Å². The number of amidine groups is 1. The second-order valence-electron chi connectivity index (χ2n) is 5.23. The van der Waals surface area contributed by atoms with E-state index in [4.69, 9.17) is 0 Å². The highest BCUT2D eigenvalue weighted by Crippen LogP contribution is 2.29. The van der Waals surface area contributed by atoms with Gasteiger partial charge in [-0.25, -0.2) is 0 Å². The van der Waals surface area contributed by atoms with E-state index in [1.54, 1.807) is 4.90 Å². The van der Waals surface area contributed by atoms with E-state index in [1.165, 1.54) is 36.0 Å². The number of benzene rings is 1. The first-order chi connectivity index (χ1) is 11.0. The average Bonchev–Trinajstić information content (AvgIpc) is 2.55. The van der Waals surface area contributed by atoms with E-state index in [0.29, 0.717) is 23.9 Å². The smallest absolute Gasteiger partial charge is 0.238 e. The molecule has 2 aliphatic rings. The fourth-order valence-electron chi connectivity index (χ4n) is 2.41. The van der Waals surface area contributed by atoms with Crippen LogP contribution in [-0.4, -0.2) is 46.2 Å². The molecule has 1 fully saturated rings. The van der Waals surface area contributed by atoms with Crippen molar-refractivity contribution >= 4 is 40.4 Å². The van der Waals surface area contributed by atoms with Crippen molar-refractivity contribution in [3.8, 4) is 0 Å². The molecule has 1 saturated heterocycles. The molecular weight excluding hydrogens is 318 g/mol. The Kier molecular flexibility index (Phi) is 4.33. The molecule has 3 rings (SSSR count). The van der Waals surface area contributed by atoms with Gasteiger partial charge in [0.15, 0.2) is 5.17 Å². The van der Waals surface area contributed by atoms with Crippen molar-refractivity contribution < 1.29 is 19.5 Å². The van der Waals surface area contributed by atoms with Crippen molar-refractivity contribution in [2.75, 3.05) is 18.4 Å². The zero-order chi connectivity index (χ0) is 16.4. The molecule has 0 radical (unpaired) electrons. The van der Waals surface area contributed by atoms with Crippen molar-refractivity contribution in [1.29, 1.82) is 0 Å². The van der Waals surface area contributed by atoms with Gasteiger partial charge in [0.05, 0.1) is 5.97 Å². The molecule has 0 saturated carbocycles. The van der Waals surface area contributed by atoms with Crippen molar-refractivity contribution in [3.05, 3.63) is 29.8 Å². The number of amides is 2. The van der Waals surface area contributed by atoms with E-state index < -0.39 is 11.2 Å². The summed E-state index contributed by atoms with van der Waals surface area (Å²) >= 11 is 1.29. The highest BCUT2D eigenvalue weighted by Gasteiger charge is 2.36. The number of carbonyl (C=O) groups excluding carboxylic acids is 3. The van der Waals surface area contributed by atoms with Crippen molar-refractivity contribution in [2.45, 2.75) is 18.1 Å². The molecule has 2 amide bonds. The number of carboxylic acid groups (broad SMARTS) is 1. The zero-order valence-electron chi connectivity index (χ0n) is 12.2. The number of nitrogens with zero attached hydrogens (tertiary/aromatic N) is 2. The molecule has 7 nitrogen and oxygen atoms in total. The Bertz CT molecular complexity index is 686. The van der Waals surface area contributed by atoms with Crippen LogP contribution in [0.25, 0.3) is 0 Å². The minimum Gasteiger partial charge on any atom is -0.545 e. The molecule has 0 aliphatic carbocycles. The number of rotatable bonds is 3. The predicted octanol–water partition coefficient (Wildman–Crippen LogP) is 0.0824.